The quantitative estimate of drug-likeness (QED) is 0.352. The summed E-state index contributed by atoms with van der Waals surface area (Å²) < 4.78 is 0. The molecule has 0 spiro atoms. The highest BCUT2D eigenvalue weighted by Crippen LogP contribution is 2.19. The second-order valence-corrected chi connectivity index (χ2v) is 4.39. The molecule has 1 aromatic heterocycles. The lowest BCUT2D eigenvalue weighted by Gasteiger charge is -2.28. The highest BCUT2D eigenvalue weighted by molar-refractivity contribution is 5.97. The van der Waals surface area contributed by atoms with Crippen LogP contribution in [-0.4, -0.2) is 29.1 Å². The average molecular weight is 234 g/mol. The molecule has 2 heterocycles. The van der Waals surface area contributed by atoms with E-state index in [0.717, 1.165) is 30.2 Å². The van der Waals surface area contributed by atoms with Crippen LogP contribution >= 0.6 is 0 Å². The highest BCUT2D eigenvalue weighted by atomic mass is 16.4. The summed E-state index contributed by atoms with van der Waals surface area (Å²) >= 11 is 0. The Balaban J connectivity index is 2.30. The maximum atomic E-state index is 8.71. The van der Waals surface area contributed by atoms with Crippen molar-refractivity contribution in [3.05, 3.63) is 23.4 Å². The third kappa shape index (κ3) is 2.67. The molecule has 17 heavy (non-hydrogen) atoms. The Kier molecular flexibility index (Phi) is 3.46. The number of anilines is 1. The summed E-state index contributed by atoms with van der Waals surface area (Å²) in [4.78, 5) is 6.76. The average Bonchev–Trinajstić information content (AvgIpc) is 2.38. The van der Waals surface area contributed by atoms with Crippen LogP contribution in [0.3, 0.4) is 0 Å². The molecule has 1 fully saturated rings. The molecule has 0 unspecified atom stereocenters. The molecule has 1 aliphatic rings. The van der Waals surface area contributed by atoms with Gasteiger partial charge in [0, 0.05) is 24.3 Å². The van der Waals surface area contributed by atoms with Crippen LogP contribution in [0, 0.1) is 6.92 Å². The molecule has 0 radical (unpaired) electrons. The van der Waals surface area contributed by atoms with Crippen LogP contribution in [-0.2, 0) is 0 Å². The second kappa shape index (κ2) is 5.03. The Labute approximate surface area is 101 Å². The molecular weight excluding hydrogens is 216 g/mol. The maximum absolute atomic E-state index is 8.71. The van der Waals surface area contributed by atoms with Crippen LogP contribution in [0.25, 0.3) is 0 Å². The zero-order chi connectivity index (χ0) is 12.3. The molecule has 1 aromatic rings. The van der Waals surface area contributed by atoms with Gasteiger partial charge in [0.15, 0.2) is 5.84 Å². The molecule has 0 aromatic carbocycles. The van der Waals surface area contributed by atoms with E-state index in [0.29, 0.717) is 0 Å². The highest BCUT2D eigenvalue weighted by Gasteiger charge is 2.14. The molecule has 0 atom stereocenters. The van der Waals surface area contributed by atoms with Gasteiger partial charge in [-0.3, -0.25) is 0 Å². The van der Waals surface area contributed by atoms with Crippen molar-refractivity contribution in [1.82, 2.24) is 4.98 Å². The first-order valence-electron chi connectivity index (χ1n) is 5.92. The van der Waals surface area contributed by atoms with E-state index in [1.54, 1.807) is 0 Å². The summed E-state index contributed by atoms with van der Waals surface area (Å²) in [5, 5.41) is 11.7. The van der Waals surface area contributed by atoms with E-state index < -0.39 is 0 Å². The minimum Gasteiger partial charge on any atom is -0.409 e. The molecule has 3 N–H and O–H groups in total. The standard InChI is InChI=1S/C12H18N4O/c1-9-7-10(12(13)15-17)8-11(14-9)16-5-3-2-4-6-16/h7-8,17H,2-6H2,1H3,(H2,13,15). The van der Waals surface area contributed by atoms with Gasteiger partial charge in [0.05, 0.1) is 0 Å². The van der Waals surface area contributed by atoms with Gasteiger partial charge in [0.1, 0.15) is 5.82 Å². The molecule has 5 nitrogen and oxygen atoms in total. The molecule has 0 bridgehead atoms. The van der Waals surface area contributed by atoms with Gasteiger partial charge in [0.2, 0.25) is 0 Å². The number of aryl methyl sites for hydroxylation is 1. The zero-order valence-corrected chi connectivity index (χ0v) is 10.1. The largest absolute Gasteiger partial charge is 0.409 e. The van der Waals surface area contributed by atoms with Gasteiger partial charge < -0.3 is 15.8 Å². The SMILES string of the molecule is Cc1cc(/C(N)=N/O)cc(N2CCCCC2)n1. The van der Waals surface area contributed by atoms with Gasteiger partial charge in [-0.25, -0.2) is 4.98 Å². The maximum Gasteiger partial charge on any atom is 0.170 e. The van der Waals surface area contributed by atoms with Crippen LogP contribution in [0.2, 0.25) is 0 Å². The van der Waals surface area contributed by atoms with Crippen LogP contribution in [0.5, 0.6) is 0 Å². The van der Waals surface area contributed by atoms with E-state index in [-0.39, 0.29) is 5.84 Å². The first-order chi connectivity index (χ1) is 8.20. The predicted molar refractivity (Wildman–Crippen MR) is 67.5 cm³/mol. The third-order valence-electron chi connectivity index (χ3n) is 3.02. The van der Waals surface area contributed by atoms with Crippen molar-refractivity contribution in [2.24, 2.45) is 10.9 Å². The molecule has 0 saturated carbocycles. The lowest BCUT2D eigenvalue weighted by atomic mass is 10.1. The molecule has 92 valence electrons. The number of nitrogens with zero attached hydrogens (tertiary/aromatic N) is 3. The van der Waals surface area contributed by atoms with Crippen LogP contribution in [0.15, 0.2) is 17.3 Å². The van der Waals surface area contributed by atoms with E-state index in [4.69, 9.17) is 10.9 Å². The summed E-state index contributed by atoms with van der Waals surface area (Å²) in [5.74, 6) is 1.06. The number of hydrogen-bond donors (Lipinski definition) is 2. The Morgan fingerprint density at radius 3 is 2.71 bits per heavy atom. The first-order valence-corrected chi connectivity index (χ1v) is 5.92. The first kappa shape index (κ1) is 11.7. The van der Waals surface area contributed by atoms with Gasteiger partial charge in [-0.1, -0.05) is 5.16 Å². The number of nitrogens with two attached hydrogens (primary N) is 1. The smallest absolute Gasteiger partial charge is 0.170 e. The van der Waals surface area contributed by atoms with Crippen molar-refractivity contribution in [2.45, 2.75) is 26.2 Å². The molecule has 1 aliphatic heterocycles. The normalized spacial score (nSPS) is 17.2. The fourth-order valence-corrected chi connectivity index (χ4v) is 2.14. The summed E-state index contributed by atoms with van der Waals surface area (Å²) in [6.07, 6.45) is 3.69. The van der Waals surface area contributed by atoms with Crippen molar-refractivity contribution >= 4 is 11.7 Å². The zero-order valence-electron chi connectivity index (χ0n) is 10.1. The number of oxime groups is 1. The van der Waals surface area contributed by atoms with Crippen LogP contribution in [0.4, 0.5) is 5.82 Å². The fraction of sp³-hybridized carbons (Fsp3) is 0.500. The molecule has 0 amide bonds. The van der Waals surface area contributed by atoms with Gasteiger partial charge in [-0.2, -0.15) is 0 Å². The number of amidine groups is 1. The number of aromatic nitrogens is 1. The molecular formula is C12H18N4O. The Morgan fingerprint density at radius 1 is 1.35 bits per heavy atom. The number of rotatable bonds is 2. The summed E-state index contributed by atoms with van der Waals surface area (Å²) in [5.41, 5.74) is 7.22. The Morgan fingerprint density at radius 2 is 2.06 bits per heavy atom. The molecule has 1 saturated heterocycles. The van der Waals surface area contributed by atoms with Crippen molar-refractivity contribution in [3.8, 4) is 0 Å². The number of pyridine rings is 1. The molecule has 5 heteroatoms. The summed E-state index contributed by atoms with van der Waals surface area (Å²) in [6, 6.07) is 3.70. The second-order valence-electron chi connectivity index (χ2n) is 4.39. The van der Waals surface area contributed by atoms with Crippen molar-refractivity contribution in [1.29, 1.82) is 0 Å². The Bertz CT molecular complexity index is 425. The van der Waals surface area contributed by atoms with Gasteiger partial charge in [-0.05, 0) is 38.3 Å². The summed E-state index contributed by atoms with van der Waals surface area (Å²) in [6.45, 7) is 3.99. The fourth-order valence-electron chi connectivity index (χ4n) is 2.14. The topological polar surface area (TPSA) is 74.7 Å². The lowest BCUT2D eigenvalue weighted by Crippen LogP contribution is -2.30. The van der Waals surface area contributed by atoms with Crippen molar-refractivity contribution < 1.29 is 5.21 Å². The summed E-state index contributed by atoms with van der Waals surface area (Å²) in [7, 11) is 0. The van der Waals surface area contributed by atoms with Crippen molar-refractivity contribution in [3.63, 3.8) is 0 Å². The number of hydrogen-bond acceptors (Lipinski definition) is 4. The van der Waals surface area contributed by atoms with Crippen LogP contribution < -0.4 is 10.6 Å². The van der Waals surface area contributed by atoms with Crippen LogP contribution in [0.1, 0.15) is 30.5 Å². The number of piperidine rings is 1. The van der Waals surface area contributed by atoms with E-state index >= 15 is 0 Å². The van der Waals surface area contributed by atoms with Gasteiger partial charge in [-0.15, -0.1) is 0 Å². The molecule has 0 aliphatic carbocycles. The lowest BCUT2D eigenvalue weighted by molar-refractivity contribution is 0.318. The third-order valence-corrected chi connectivity index (χ3v) is 3.02. The minimum absolute atomic E-state index is 0.133. The van der Waals surface area contributed by atoms with E-state index in [1.165, 1.54) is 19.3 Å². The minimum atomic E-state index is 0.133. The molecule has 2 rings (SSSR count). The van der Waals surface area contributed by atoms with E-state index in [2.05, 4.69) is 15.0 Å². The van der Waals surface area contributed by atoms with Crippen molar-refractivity contribution in [2.75, 3.05) is 18.0 Å². The van der Waals surface area contributed by atoms with E-state index in [1.807, 2.05) is 19.1 Å². The van der Waals surface area contributed by atoms with Gasteiger partial charge >= 0.3 is 0 Å². The van der Waals surface area contributed by atoms with E-state index in [9.17, 15) is 0 Å². The monoisotopic (exact) mass is 234 g/mol. The van der Waals surface area contributed by atoms with Gasteiger partial charge in [0.25, 0.3) is 0 Å². The Hall–Kier alpha value is -1.78. The predicted octanol–water partition coefficient (Wildman–Crippen LogP) is 1.47.